The largest absolute Gasteiger partial charge is 0.370 e. The molecule has 64 valence electrons. The van der Waals surface area contributed by atoms with Crippen molar-refractivity contribution in [1.82, 2.24) is 0 Å². The van der Waals surface area contributed by atoms with Crippen molar-refractivity contribution in [1.29, 1.82) is 0 Å². The molecule has 0 radical (unpaired) electrons. The summed E-state index contributed by atoms with van der Waals surface area (Å²) >= 11 is 0. The highest BCUT2D eigenvalue weighted by molar-refractivity contribution is 5.79. The zero-order chi connectivity index (χ0) is 8.69. The summed E-state index contributed by atoms with van der Waals surface area (Å²) in [5.74, 6) is -0.0944. The van der Waals surface area contributed by atoms with Crippen LogP contribution in [0.2, 0.25) is 0 Å². The quantitative estimate of drug-likeness (QED) is 0.625. The van der Waals surface area contributed by atoms with Crippen LogP contribution in [-0.4, -0.2) is 11.7 Å². The molecule has 0 aromatic rings. The predicted octanol–water partition coefficient (Wildman–Crippen LogP) is 1.01. The number of carbonyl (C=O) groups excluding carboxylic acids is 2. The van der Waals surface area contributed by atoms with E-state index in [0.29, 0.717) is 25.7 Å². The van der Waals surface area contributed by atoms with Gasteiger partial charge in [0.05, 0.1) is 0 Å². The second-order valence-electron chi connectivity index (χ2n) is 2.61. The lowest BCUT2D eigenvalue weighted by molar-refractivity contribution is -0.119. The second kappa shape index (κ2) is 5.89. The molecule has 0 heterocycles. The van der Waals surface area contributed by atoms with E-state index in [1.54, 1.807) is 0 Å². The van der Waals surface area contributed by atoms with Crippen LogP contribution in [0.4, 0.5) is 0 Å². The van der Waals surface area contributed by atoms with E-state index in [2.05, 4.69) is 0 Å². The molecule has 0 aromatic heterocycles. The molecule has 0 aromatic carbocycles. The van der Waals surface area contributed by atoms with Gasteiger partial charge in [0.25, 0.3) is 0 Å². The summed E-state index contributed by atoms with van der Waals surface area (Å²) in [6.07, 6.45) is 2.94. The van der Waals surface area contributed by atoms with Crippen LogP contribution in [0.1, 0.15) is 39.0 Å². The standard InChI is InChI=1S/C8H15NO2/c1-2-4-7(10)5-3-6-8(9)11/h2-6H2,1H3,(H2,9,11). The monoisotopic (exact) mass is 157 g/mol. The number of nitrogens with two attached hydrogens (primary N) is 1. The maximum absolute atomic E-state index is 10.9. The summed E-state index contributed by atoms with van der Waals surface area (Å²) in [5, 5.41) is 0. The zero-order valence-electron chi connectivity index (χ0n) is 6.93. The fourth-order valence-electron chi connectivity index (χ4n) is 0.864. The molecule has 0 rings (SSSR count). The van der Waals surface area contributed by atoms with Gasteiger partial charge in [-0.1, -0.05) is 6.92 Å². The van der Waals surface area contributed by atoms with E-state index in [1.165, 1.54) is 0 Å². The maximum Gasteiger partial charge on any atom is 0.217 e. The molecule has 0 aliphatic rings. The first-order valence-electron chi connectivity index (χ1n) is 3.96. The highest BCUT2D eigenvalue weighted by Gasteiger charge is 2.00. The Hall–Kier alpha value is -0.860. The van der Waals surface area contributed by atoms with Gasteiger partial charge >= 0.3 is 0 Å². The maximum atomic E-state index is 10.9. The van der Waals surface area contributed by atoms with Crippen LogP contribution in [0.3, 0.4) is 0 Å². The molecule has 0 saturated carbocycles. The molecule has 0 saturated heterocycles. The third kappa shape index (κ3) is 7.03. The summed E-state index contributed by atoms with van der Waals surface area (Å²) in [5.41, 5.74) is 4.90. The molecular formula is C8H15NO2. The van der Waals surface area contributed by atoms with Crippen LogP contribution in [0.25, 0.3) is 0 Å². The van der Waals surface area contributed by atoms with Crippen molar-refractivity contribution in [3.63, 3.8) is 0 Å². The molecule has 1 amide bonds. The Bertz CT molecular complexity index is 143. The van der Waals surface area contributed by atoms with Crippen LogP contribution in [0, 0.1) is 0 Å². The molecule has 0 spiro atoms. The van der Waals surface area contributed by atoms with Crippen molar-refractivity contribution >= 4 is 11.7 Å². The average Bonchev–Trinajstić information content (AvgIpc) is 1.87. The van der Waals surface area contributed by atoms with E-state index in [9.17, 15) is 9.59 Å². The van der Waals surface area contributed by atoms with E-state index in [0.717, 1.165) is 6.42 Å². The highest BCUT2D eigenvalue weighted by atomic mass is 16.1. The van der Waals surface area contributed by atoms with Crippen LogP contribution in [0.5, 0.6) is 0 Å². The van der Waals surface area contributed by atoms with Crippen molar-refractivity contribution in [2.75, 3.05) is 0 Å². The molecule has 0 unspecified atom stereocenters. The Morgan fingerprint density at radius 2 is 1.82 bits per heavy atom. The van der Waals surface area contributed by atoms with E-state index < -0.39 is 0 Å². The first-order chi connectivity index (χ1) is 5.16. The molecule has 3 nitrogen and oxygen atoms in total. The molecule has 0 aliphatic heterocycles. The van der Waals surface area contributed by atoms with Crippen molar-refractivity contribution in [3.05, 3.63) is 0 Å². The molecular weight excluding hydrogens is 142 g/mol. The van der Waals surface area contributed by atoms with Gasteiger partial charge in [-0.05, 0) is 12.8 Å². The van der Waals surface area contributed by atoms with Crippen LogP contribution in [0.15, 0.2) is 0 Å². The first-order valence-corrected chi connectivity index (χ1v) is 3.96. The minimum atomic E-state index is -0.325. The number of carbonyl (C=O) groups is 2. The molecule has 3 heteroatoms. The topological polar surface area (TPSA) is 60.2 Å². The van der Waals surface area contributed by atoms with Gasteiger partial charge in [0, 0.05) is 19.3 Å². The zero-order valence-corrected chi connectivity index (χ0v) is 6.93. The number of rotatable bonds is 6. The Balaban J connectivity index is 3.24. The summed E-state index contributed by atoms with van der Waals surface area (Å²) in [6.45, 7) is 1.96. The van der Waals surface area contributed by atoms with E-state index in [1.807, 2.05) is 6.92 Å². The van der Waals surface area contributed by atoms with Crippen molar-refractivity contribution in [2.45, 2.75) is 39.0 Å². The predicted molar refractivity (Wildman–Crippen MR) is 43.0 cm³/mol. The fourth-order valence-corrected chi connectivity index (χ4v) is 0.864. The summed E-state index contributed by atoms with van der Waals surface area (Å²) in [6, 6.07) is 0. The third-order valence-electron chi connectivity index (χ3n) is 1.41. The fraction of sp³-hybridized carbons (Fsp3) is 0.750. The summed E-state index contributed by atoms with van der Waals surface area (Å²) in [4.78, 5) is 21.1. The molecule has 0 bridgehead atoms. The van der Waals surface area contributed by atoms with E-state index in [-0.39, 0.29) is 11.7 Å². The SMILES string of the molecule is CCCC(=O)CCCC(N)=O. The van der Waals surface area contributed by atoms with Crippen LogP contribution in [-0.2, 0) is 9.59 Å². The van der Waals surface area contributed by atoms with Crippen LogP contribution >= 0.6 is 0 Å². The lowest BCUT2D eigenvalue weighted by Crippen LogP contribution is -2.10. The van der Waals surface area contributed by atoms with Crippen LogP contribution < -0.4 is 5.73 Å². The molecule has 0 aliphatic carbocycles. The number of ketones is 1. The molecule has 0 fully saturated rings. The van der Waals surface area contributed by atoms with Gasteiger partial charge in [-0.15, -0.1) is 0 Å². The number of hydrogen-bond acceptors (Lipinski definition) is 2. The van der Waals surface area contributed by atoms with Crippen molar-refractivity contribution in [3.8, 4) is 0 Å². The summed E-state index contributed by atoms with van der Waals surface area (Å²) < 4.78 is 0. The van der Waals surface area contributed by atoms with E-state index >= 15 is 0 Å². The molecule has 2 N–H and O–H groups in total. The lowest BCUT2D eigenvalue weighted by atomic mass is 10.1. The first kappa shape index (κ1) is 10.1. The number of hydrogen-bond donors (Lipinski definition) is 1. The lowest BCUT2D eigenvalue weighted by Gasteiger charge is -1.95. The molecule has 0 atom stereocenters. The minimum Gasteiger partial charge on any atom is -0.370 e. The van der Waals surface area contributed by atoms with Gasteiger partial charge in [0.2, 0.25) is 5.91 Å². The minimum absolute atomic E-state index is 0.230. The summed E-state index contributed by atoms with van der Waals surface area (Å²) in [7, 11) is 0. The smallest absolute Gasteiger partial charge is 0.217 e. The van der Waals surface area contributed by atoms with Crippen molar-refractivity contribution < 1.29 is 9.59 Å². The Morgan fingerprint density at radius 1 is 1.18 bits per heavy atom. The van der Waals surface area contributed by atoms with Gasteiger partial charge in [-0.25, -0.2) is 0 Å². The van der Waals surface area contributed by atoms with Crippen molar-refractivity contribution in [2.24, 2.45) is 5.73 Å². The Morgan fingerprint density at radius 3 is 2.27 bits per heavy atom. The highest BCUT2D eigenvalue weighted by Crippen LogP contribution is 2.00. The van der Waals surface area contributed by atoms with E-state index in [4.69, 9.17) is 5.73 Å². The van der Waals surface area contributed by atoms with Gasteiger partial charge in [-0.2, -0.15) is 0 Å². The number of Topliss-reactive ketones (excluding diaryl/α,β-unsaturated/α-hetero) is 1. The Kier molecular flexibility index (Phi) is 5.43. The number of primary amides is 1. The number of amides is 1. The van der Waals surface area contributed by atoms with Gasteiger partial charge in [0.1, 0.15) is 5.78 Å². The average molecular weight is 157 g/mol. The normalized spacial score (nSPS) is 9.55. The van der Waals surface area contributed by atoms with Gasteiger partial charge < -0.3 is 5.73 Å². The Labute approximate surface area is 67.0 Å². The van der Waals surface area contributed by atoms with Gasteiger partial charge in [-0.3, -0.25) is 9.59 Å². The molecule has 11 heavy (non-hydrogen) atoms. The van der Waals surface area contributed by atoms with Gasteiger partial charge in [0.15, 0.2) is 0 Å². The third-order valence-corrected chi connectivity index (χ3v) is 1.41. The second-order valence-corrected chi connectivity index (χ2v) is 2.61.